The van der Waals surface area contributed by atoms with Gasteiger partial charge in [-0.3, -0.25) is 9.52 Å². The number of carbonyl (C=O) groups is 2. The normalized spacial score (nSPS) is 12.5. The van der Waals surface area contributed by atoms with Crippen LogP contribution in [0.15, 0.2) is 24.3 Å². The molecule has 0 saturated heterocycles. The standard InChI is InChI=1S/C12H15NO6S/c1-3-19-12(16)9-4-6-10(7-5-9)13-20(17,18)8(2)11(14)15/h4-8,13H,3H2,1-2H3,(H,14,15). The van der Waals surface area contributed by atoms with E-state index in [2.05, 4.69) is 4.72 Å². The lowest BCUT2D eigenvalue weighted by atomic mass is 10.2. The van der Waals surface area contributed by atoms with E-state index in [1.165, 1.54) is 24.3 Å². The van der Waals surface area contributed by atoms with Crippen LogP contribution in [0.4, 0.5) is 5.69 Å². The first-order valence-corrected chi connectivity index (χ1v) is 7.34. The maximum absolute atomic E-state index is 11.7. The number of carbonyl (C=O) groups excluding carboxylic acids is 1. The molecule has 0 aliphatic carbocycles. The molecule has 0 spiro atoms. The van der Waals surface area contributed by atoms with Crippen molar-refractivity contribution in [2.75, 3.05) is 11.3 Å². The van der Waals surface area contributed by atoms with Crippen LogP contribution in [0.5, 0.6) is 0 Å². The summed E-state index contributed by atoms with van der Waals surface area (Å²) in [5, 5.41) is 7.11. The highest BCUT2D eigenvalue weighted by Gasteiger charge is 2.27. The fourth-order valence-corrected chi connectivity index (χ4v) is 2.18. The summed E-state index contributed by atoms with van der Waals surface area (Å²) in [4.78, 5) is 22.1. The zero-order valence-corrected chi connectivity index (χ0v) is 11.8. The third-order valence-electron chi connectivity index (χ3n) is 2.47. The number of anilines is 1. The first-order chi connectivity index (χ1) is 9.27. The number of hydrogen-bond donors (Lipinski definition) is 2. The lowest BCUT2D eigenvalue weighted by Gasteiger charge is -2.11. The van der Waals surface area contributed by atoms with Crippen LogP contribution >= 0.6 is 0 Å². The first-order valence-electron chi connectivity index (χ1n) is 5.79. The Bertz CT molecular complexity index is 593. The molecular weight excluding hydrogens is 286 g/mol. The molecule has 0 aromatic heterocycles. The number of sulfonamides is 1. The topological polar surface area (TPSA) is 110 Å². The molecule has 0 aliphatic rings. The second kappa shape index (κ2) is 6.38. The van der Waals surface area contributed by atoms with Gasteiger partial charge in [-0.1, -0.05) is 0 Å². The van der Waals surface area contributed by atoms with Gasteiger partial charge in [-0.2, -0.15) is 0 Å². The maximum atomic E-state index is 11.7. The summed E-state index contributed by atoms with van der Waals surface area (Å²) in [6.45, 7) is 2.98. The van der Waals surface area contributed by atoms with Crippen molar-refractivity contribution in [3.05, 3.63) is 29.8 Å². The zero-order chi connectivity index (χ0) is 15.3. The largest absolute Gasteiger partial charge is 0.480 e. The Labute approximate surface area is 116 Å². The molecule has 8 heteroatoms. The molecule has 1 rings (SSSR count). The van der Waals surface area contributed by atoms with Crippen LogP contribution in [0.2, 0.25) is 0 Å². The summed E-state index contributed by atoms with van der Waals surface area (Å²) in [6.07, 6.45) is 0. The molecule has 0 amide bonds. The Morgan fingerprint density at radius 2 is 1.85 bits per heavy atom. The van der Waals surface area contributed by atoms with E-state index < -0.39 is 27.2 Å². The summed E-state index contributed by atoms with van der Waals surface area (Å²) < 4.78 is 30.3. The van der Waals surface area contributed by atoms with Gasteiger partial charge >= 0.3 is 11.9 Å². The van der Waals surface area contributed by atoms with Crippen LogP contribution in [0, 0.1) is 0 Å². The number of esters is 1. The van der Waals surface area contributed by atoms with E-state index in [0.717, 1.165) is 6.92 Å². The second-order valence-corrected chi connectivity index (χ2v) is 5.93. The fourth-order valence-electron chi connectivity index (χ4n) is 1.27. The summed E-state index contributed by atoms with van der Waals surface area (Å²) in [7, 11) is -4.02. The van der Waals surface area contributed by atoms with Crippen molar-refractivity contribution >= 4 is 27.6 Å². The van der Waals surface area contributed by atoms with Crippen molar-refractivity contribution in [3.8, 4) is 0 Å². The van der Waals surface area contributed by atoms with Gasteiger partial charge in [-0.05, 0) is 38.1 Å². The molecule has 0 saturated carbocycles. The van der Waals surface area contributed by atoms with Gasteiger partial charge in [0.05, 0.1) is 12.2 Å². The molecule has 0 bridgehead atoms. The minimum Gasteiger partial charge on any atom is -0.480 e. The third-order valence-corrected chi connectivity index (χ3v) is 4.12. The van der Waals surface area contributed by atoms with Gasteiger partial charge < -0.3 is 9.84 Å². The van der Waals surface area contributed by atoms with E-state index in [1.54, 1.807) is 6.92 Å². The summed E-state index contributed by atoms with van der Waals surface area (Å²) in [6, 6.07) is 5.50. The van der Waals surface area contributed by atoms with Crippen LogP contribution in [0.1, 0.15) is 24.2 Å². The van der Waals surface area contributed by atoms with Crippen LogP contribution in [-0.4, -0.2) is 37.3 Å². The average Bonchev–Trinajstić information content (AvgIpc) is 2.38. The Balaban J connectivity index is 2.85. The number of carboxylic acid groups (broad SMARTS) is 1. The molecule has 1 atom stereocenters. The molecule has 0 heterocycles. The predicted octanol–water partition coefficient (Wildman–Crippen LogP) is 1.08. The highest BCUT2D eigenvalue weighted by Crippen LogP contribution is 2.14. The van der Waals surface area contributed by atoms with Crippen molar-refractivity contribution in [1.82, 2.24) is 0 Å². The van der Waals surface area contributed by atoms with E-state index in [1.807, 2.05) is 0 Å². The predicted molar refractivity (Wildman–Crippen MR) is 72.0 cm³/mol. The minimum absolute atomic E-state index is 0.172. The van der Waals surface area contributed by atoms with Crippen molar-refractivity contribution in [2.45, 2.75) is 19.1 Å². The summed E-state index contributed by atoms with van der Waals surface area (Å²) >= 11 is 0. The fraction of sp³-hybridized carbons (Fsp3) is 0.333. The van der Waals surface area contributed by atoms with Crippen molar-refractivity contribution in [3.63, 3.8) is 0 Å². The lowest BCUT2D eigenvalue weighted by Crippen LogP contribution is -2.32. The van der Waals surface area contributed by atoms with Gasteiger partial charge in [0.1, 0.15) is 0 Å². The molecule has 1 aromatic rings. The molecule has 20 heavy (non-hydrogen) atoms. The van der Waals surface area contributed by atoms with Gasteiger partial charge in [0.15, 0.2) is 5.25 Å². The van der Waals surface area contributed by atoms with Gasteiger partial charge in [0, 0.05) is 5.69 Å². The van der Waals surface area contributed by atoms with E-state index in [-0.39, 0.29) is 17.9 Å². The van der Waals surface area contributed by atoms with E-state index in [9.17, 15) is 18.0 Å². The SMILES string of the molecule is CCOC(=O)c1ccc(NS(=O)(=O)C(C)C(=O)O)cc1. The Kier molecular flexibility index (Phi) is 5.09. The zero-order valence-electron chi connectivity index (χ0n) is 11.0. The van der Waals surface area contributed by atoms with Crippen LogP contribution < -0.4 is 4.72 Å². The molecule has 2 N–H and O–H groups in total. The van der Waals surface area contributed by atoms with E-state index in [4.69, 9.17) is 9.84 Å². The van der Waals surface area contributed by atoms with Crippen LogP contribution in [0.3, 0.4) is 0 Å². The molecule has 0 radical (unpaired) electrons. The number of nitrogens with one attached hydrogen (secondary N) is 1. The molecule has 0 fully saturated rings. The number of hydrogen-bond acceptors (Lipinski definition) is 5. The van der Waals surface area contributed by atoms with Gasteiger partial charge in [-0.15, -0.1) is 0 Å². The molecule has 7 nitrogen and oxygen atoms in total. The van der Waals surface area contributed by atoms with Crippen molar-refractivity contribution in [2.24, 2.45) is 0 Å². The second-order valence-electron chi connectivity index (χ2n) is 3.93. The molecular formula is C12H15NO6S. The number of carboxylic acids is 1. The molecule has 1 unspecified atom stereocenters. The van der Waals surface area contributed by atoms with E-state index in [0.29, 0.717) is 0 Å². The van der Waals surface area contributed by atoms with Crippen LogP contribution in [-0.2, 0) is 19.6 Å². The van der Waals surface area contributed by atoms with Gasteiger partial charge in [0.25, 0.3) is 0 Å². The Hall–Kier alpha value is -2.09. The van der Waals surface area contributed by atoms with E-state index >= 15 is 0 Å². The highest BCUT2D eigenvalue weighted by molar-refractivity contribution is 7.94. The number of benzene rings is 1. The van der Waals surface area contributed by atoms with Crippen molar-refractivity contribution in [1.29, 1.82) is 0 Å². The number of aliphatic carboxylic acids is 1. The lowest BCUT2D eigenvalue weighted by molar-refractivity contribution is -0.136. The first kappa shape index (κ1) is 16.0. The smallest absolute Gasteiger partial charge is 0.338 e. The van der Waals surface area contributed by atoms with Gasteiger partial charge in [-0.25, -0.2) is 13.2 Å². The minimum atomic E-state index is -4.02. The summed E-state index contributed by atoms with van der Waals surface area (Å²) in [5.41, 5.74) is 0.451. The molecule has 110 valence electrons. The average molecular weight is 301 g/mol. The third kappa shape index (κ3) is 3.95. The quantitative estimate of drug-likeness (QED) is 0.761. The number of rotatable bonds is 6. The summed E-state index contributed by atoms with van der Waals surface area (Å²) in [5.74, 6) is -1.96. The Morgan fingerprint density at radius 1 is 1.30 bits per heavy atom. The van der Waals surface area contributed by atoms with Crippen molar-refractivity contribution < 1.29 is 27.9 Å². The molecule has 0 aliphatic heterocycles. The Morgan fingerprint density at radius 3 is 2.30 bits per heavy atom. The monoisotopic (exact) mass is 301 g/mol. The highest BCUT2D eigenvalue weighted by atomic mass is 32.2. The maximum Gasteiger partial charge on any atom is 0.338 e. The van der Waals surface area contributed by atoms with Gasteiger partial charge in [0.2, 0.25) is 10.0 Å². The molecule has 1 aromatic carbocycles. The van der Waals surface area contributed by atoms with Crippen LogP contribution in [0.25, 0.3) is 0 Å². The number of ether oxygens (including phenoxy) is 1.